The Hall–Kier alpha value is -0.520. The highest BCUT2D eigenvalue weighted by atomic mass is 16.5. The van der Waals surface area contributed by atoms with Crippen molar-refractivity contribution < 1.29 is 9.84 Å². The molecule has 1 spiro atoms. The molecule has 2 heteroatoms. The molecule has 1 aliphatic heterocycles. The van der Waals surface area contributed by atoms with Crippen LogP contribution in [-0.2, 0) is 4.74 Å². The van der Waals surface area contributed by atoms with Crippen molar-refractivity contribution in [3.63, 3.8) is 0 Å². The van der Waals surface area contributed by atoms with Gasteiger partial charge >= 0.3 is 0 Å². The van der Waals surface area contributed by atoms with Crippen LogP contribution in [0.1, 0.15) is 19.8 Å². The highest BCUT2D eigenvalue weighted by Gasteiger charge is 2.57. The van der Waals surface area contributed by atoms with Crippen LogP contribution in [0.4, 0.5) is 0 Å². The van der Waals surface area contributed by atoms with Crippen LogP contribution in [-0.4, -0.2) is 23.9 Å². The van der Waals surface area contributed by atoms with Crippen molar-refractivity contribution in [1.29, 1.82) is 0 Å². The van der Waals surface area contributed by atoms with Crippen LogP contribution in [0.25, 0.3) is 0 Å². The minimum atomic E-state index is -0.682. The van der Waals surface area contributed by atoms with Gasteiger partial charge in [-0.1, -0.05) is 5.92 Å². The maximum absolute atomic E-state index is 9.68. The number of ether oxygens (including phenoxy) is 1. The first kappa shape index (κ1) is 7.15. The zero-order valence-electron chi connectivity index (χ0n) is 6.68. The van der Waals surface area contributed by atoms with Gasteiger partial charge in [-0.3, -0.25) is 0 Å². The third-order valence-electron chi connectivity index (χ3n) is 2.51. The molecule has 2 fully saturated rings. The van der Waals surface area contributed by atoms with Crippen LogP contribution < -0.4 is 0 Å². The predicted octanol–water partition coefficient (Wildman–Crippen LogP) is 0.551. The second-order valence-corrected chi connectivity index (χ2v) is 3.75. The highest BCUT2D eigenvalue weighted by molar-refractivity contribution is 5.23. The molecule has 1 heterocycles. The first-order valence-corrected chi connectivity index (χ1v) is 3.92. The average molecular weight is 152 g/mol. The van der Waals surface area contributed by atoms with Crippen molar-refractivity contribution in [2.75, 3.05) is 13.2 Å². The van der Waals surface area contributed by atoms with Crippen molar-refractivity contribution in [2.24, 2.45) is 5.41 Å². The van der Waals surface area contributed by atoms with E-state index in [4.69, 9.17) is 4.74 Å². The van der Waals surface area contributed by atoms with E-state index in [0.29, 0.717) is 5.41 Å². The summed E-state index contributed by atoms with van der Waals surface area (Å²) in [5, 5.41) is 9.68. The number of rotatable bonds is 0. The van der Waals surface area contributed by atoms with Crippen molar-refractivity contribution >= 4 is 0 Å². The van der Waals surface area contributed by atoms with E-state index in [1.807, 2.05) is 0 Å². The average Bonchev–Trinajstić information content (AvgIpc) is 1.78. The summed E-state index contributed by atoms with van der Waals surface area (Å²) in [6.45, 7) is 3.40. The molecule has 2 rings (SSSR count). The Kier molecular flexibility index (Phi) is 1.30. The molecule has 1 saturated carbocycles. The first-order chi connectivity index (χ1) is 5.18. The predicted molar refractivity (Wildman–Crippen MR) is 40.9 cm³/mol. The van der Waals surface area contributed by atoms with E-state index in [0.717, 1.165) is 26.1 Å². The van der Waals surface area contributed by atoms with Gasteiger partial charge in [0.15, 0.2) is 0 Å². The summed E-state index contributed by atoms with van der Waals surface area (Å²) in [5.41, 5.74) is -0.378. The van der Waals surface area contributed by atoms with Crippen molar-refractivity contribution in [1.82, 2.24) is 0 Å². The van der Waals surface area contributed by atoms with E-state index in [-0.39, 0.29) is 0 Å². The SMILES string of the molecule is CC#CC1(O)CC2(COC2)C1. The molecule has 0 radical (unpaired) electrons. The van der Waals surface area contributed by atoms with E-state index >= 15 is 0 Å². The zero-order chi connectivity index (χ0) is 7.95. The first-order valence-electron chi connectivity index (χ1n) is 3.92. The molecule has 0 atom stereocenters. The summed E-state index contributed by atoms with van der Waals surface area (Å²) in [6.07, 6.45) is 1.61. The third kappa shape index (κ3) is 0.962. The smallest absolute Gasteiger partial charge is 0.126 e. The Morgan fingerprint density at radius 2 is 2.00 bits per heavy atom. The number of hydrogen-bond acceptors (Lipinski definition) is 2. The number of hydrogen-bond donors (Lipinski definition) is 1. The minimum absolute atomic E-state index is 0.304. The van der Waals surface area contributed by atoms with Crippen LogP contribution in [0, 0.1) is 17.3 Å². The van der Waals surface area contributed by atoms with Gasteiger partial charge in [-0.25, -0.2) is 0 Å². The van der Waals surface area contributed by atoms with Gasteiger partial charge in [0, 0.05) is 5.41 Å². The molecule has 0 unspecified atom stereocenters. The normalized spacial score (nSPS) is 29.6. The Morgan fingerprint density at radius 1 is 1.36 bits per heavy atom. The van der Waals surface area contributed by atoms with E-state index in [2.05, 4.69) is 11.8 Å². The van der Waals surface area contributed by atoms with Crippen LogP contribution in [0.5, 0.6) is 0 Å². The second kappa shape index (κ2) is 2.00. The van der Waals surface area contributed by atoms with Gasteiger partial charge in [0.2, 0.25) is 0 Å². The summed E-state index contributed by atoms with van der Waals surface area (Å²) >= 11 is 0. The summed E-state index contributed by atoms with van der Waals surface area (Å²) in [7, 11) is 0. The van der Waals surface area contributed by atoms with E-state index in [1.165, 1.54) is 0 Å². The second-order valence-electron chi connectivity index (χ2n) is 3.75. The highest BCUT2D eigenvalue weighted by Crippen LogP contribution is 2.52. The van der Waals surface area contributed by atoms with Crippen LogP contribution >= 0.6 is 0 Å². The van der Waals surface area contributed by atoms with Gasteiger partial charge < -0.3 is 9.84 Å². The van der Waals surface area contributed by atoms with Crippen molar-refractivity contribution in [3.8, 4) is 11.8 Å². The maximum atomic E-state index is 9.68. The molecule has 0 aromatic heterocycles. The lowest BCUT2D eigenvalue weighted by molar-refractivity contribution is -0.219. The van der Waals surface area contributed by atoms with Crippen LogP contribution in [0.15, 0.2) is 0 Å². The minimum Gasteiger partial charge on any atom is -0.380 e. The topological polar surface area (TPSA) is 29.5 Å². The monoisotopic (exact) mass is 152 g/mol. The fourth-order valence-corrected chi connectivity index (χ4v) is 2.10. The fraction of sp³-hybridized carbons (Fsp3) is 0.778. The van der Waals surface area contributed by atoms with Gasteiger partial charge in [0.05, 0.1) is 13.2 Å². The molecular weight excluding hydrogens is 140 g/mol. The van der Waals surface area contributed by atoms with Crippen molar-refractivity contribution in [2.45, 2.75) is 25.4 Å². The Morgan fingerprint density at radius 3 is 2.36 bits per heavy atom. The Bertz CT molecular complexity index is 222. The molecule has 0 bridgehead atoms. The van der Waals surface area contributed by atoms with Gasteiger partial charge in [0.1, 0.15) is 5.60 Å². The third-order valence-corrected chi connectivity index (χ3v) is 2.51. The quantitative estimate of drug-likeness (QED) is 0.514. The molecule has 1 saturated heterocycles. The molecule has 2 aliphatic rings. The van der Waals surface area contributed by atoms with E-state index in [1.54, 1.807) is 6.92 Å². The lowest BCUT2D eigenvalue weighted by Gasteiger charge is -2.55. The molecule has 1 aliphatic carbocycles. The van der Waals surface area contributed by atoms with Gasteiger partial charge in [-0.2, -0.15) is 0 Å². The Balaban J connectivity index is 1.98. The molecule has 60 valence electrons. The standard InChI is InChI=1S/C9H12O2/c1-2-3-9(10)4-8(5-9)6-11-7-8/h10H,4-7H2,1H3. The largest absolute Gasteiger partial charge is 0.380 e. The lowest BCUT2D eigenvalue weighted by atomic mass is 9.58. The van der Waals surface area contributed by atoms with E-state index in [9.17, 15) is 5.11 Å². The van der Waals surface area contributed by atoms with E-state index < -0.39 is 5.60 Å². The zero-order valence-corrected chi connectivity index (χ0v) is 6.68. The molecule has 2 nitrogen and oxygen atoms in total. The van der Waals surface area contributed by atoms with Gasteiger partial charge in [-0.15, -0.1) is 5.92 Å². The maximum Gasteiger partial charge on any atom is 0.126 e. The molecular formula is C9H12O2. The van der Waals surface area contributed by atoms with Crippen LogP contribution in [0.2, 0.25) is 0 Å². The summed E-state index contributed by atoms with van der Waals surface area (Å²) in [6, 6.07) is 0. The van der Waals surface area contributed by atoms with Crippen LogP contribution in [0.3, 0.4) is 0 Å². The Labute approximate surface area is 66.6 Å². The van der Waals surface area contributed by atoms with Crippen molar-refractivity contribution in [3.05, 3.63) is 0 Å². The van der Waals surface area contributed by atoms with Gasteiger partial charge in [-0.05, 0) is 19.8 Å². The molecule has 0 aromatic rings. The van der Waals surface area contributed by atoms with Gasteiger partial charge in [0.25, 0.3) is 0 Å². The molecule has 1 N–H and O–H groups in total. The summed E-state index contributed by atoms with van der Waals surface area (Å²) < 4.78 is 5.09. The fourth-order valence-electron chi connectivity index (χ4n) is 2.10. The summed E-state index contributed by atoms with van der Waals surface area (Å²) in [5.74, 6) is 5.59. The number of aliphatic hydroxyl groups is 1. The summed E-state index contributed by atoms with van der Waals surface area (Å²) in [4.78, 5) is 0. The molecule has 11 heavy (non-hydrogen) atoms. The molecule has 0 amide bonds. The molecule has 0 aromatic carbocycles. The lowest BCUT2D eigenvalue weighted by Crippen LogP contribution is -2.60.